The molecule has 1 saturated heterocycles. The van der Waals surface area contributed by atoms with Crippen LogP contribution in [0.1, 0.15) is 53.6 Å². The maximum Gasteiger partial charge on any atom is 0.271 e. The molecule has 6 nitrogen and oxygen atoms in total. The number of imidazole rings is 1. The van der Waals surface area contributed by atoms with Gasteiger partial charge in [0, 0.05) is 37.2 Å². The van der Waals surface area contributed by atoms with Crippen LogP contribution in [0.4, 0.5) is 0 Å². The largest absolute Gasteiger partial charge is 0.351 e. The van der Waals surface area contributed by atoms with E-state index in [9.17, 15) is 9.59 Å². The molecule has 1 aromatic rings. The second-order valence-electron chi connectivity index (χ2n) is 5.99. The van der Waals surface area contributed by atoms with Crippen LogP contribution < -0.4 is 5.32 Å². The van der Waals surface area contributed by atoms with Crippen molar-refractivity contribution in [2.75, 3.05) is 13.1 Å². The van der Waals surface area contributed by atoms with Gasteiger partial charge >= 0.3 is 0 Å². The lowest BCUT2D eigenvalue weighted by atomic mass is 10.1. The fraction of sp³-hybridized carbons (Fsp3) is 0.643. The summed E-state index contributed by atoms with van der Waals surface area (Å²) in [6, 6.07) is 0.462. The minimum Gasteiger partial charge on any atom is -0.351 e. The Morgan fingerprint density at radius 3 is 2.90 bits per heavy atom. The molecular weight excluding hydrogens is 256 g/mol. The monoisotopic (exact) mass is 274 g/mol. The SMILES string of the molecule is O=C1NCCCc2[nH]c([C@H]3CC(=O)N(C4CC4)C3)nc21. The van der Waals surface area contributed by atoms with E-state index < -0.39 is 0 Å². The summed E-state index contributed by atoms with van der Waals surface area (Å²) in [5, 5.41) is 2.85. The molecule has 1 aliphatic carbocycles. The summed E-state index contributed by atoms with van der Waals surface area (Å²) in [6.45, 7) is 1.45. The quantitative estimate of drug-likeness (QED) is 0.827. The molecule has 3 aliphatic rings. The number of hydrogen-bond acceptors (Lipinski definition) is 3. The van der Waals surface area contributed by atoms with E-state index in [1.165, 1.54) is 0 Å². The van der Waals surface area contributed by atoms with Gasteiger partial charge in [-0.15, -0.1) is 0 Å². The molecule has 3 heterocycles. The van der Waals surface area contributed by atoms with Crippen molar-refractivity contribution in [2.24, 2.45) is 0 Å². The number of hydrogen-bond donors (Lipinski definition) is 2. The fourth-order valence-electron chi connectivity index (χ4n) is 3.20. The Morgan fingerprint density at radius 2 is 2.10 bits per heavy atom. The van der Waals surface area contributed by atoms with E-state index in [0.29, 0.717) is 24.7 Å². The number of carbonyl (C=O) groups excluding carboxylic acids is 2. The summed E-state index contributed by atoms with van der Waals surface area (Å²) < 4.78 is 0. The molecule has 20 heavy (non-hydrogen) atoms. The molecule has 2 N–H and O–H groups in total. The van der Waals surface area contributed by atoms with Crippen LogP contribution >= 0.6 is 0 Å². The molecule has 0 spiro atoms. The second-order valence-corrected chi connectivity index (χ2v) is 5.99. The fourth-order valence-corrected chi connectivity index (χ4v) is 3.20. The van der Waals surface area contributed by atoms with Crippen LogP contribution in [-0.4, -0.2) is 45.8 Å². The van der Waals surface area contributed by atoms with Crippen LogP contribution in [0.25, 0.3) is 0 Å². The Kier molecular flexibility index (Phi) is 2.58. The molecule has 106 valence electrons. The lowest BCUT2D eigenvalue weighted by Gasteiger charge is -2.14. The number of fused-ring (bicyclic) bond motifs is 1. The Morgan fingerprint density at radius 1 is 1.25 bits per heavy atom. The Bertz CT molecular complexity index is 576. The molecule has 0 aromatic carbocycles. The topological polar surface area (TPSA) is 78.1 Å². The van der Waals surface area contributed by atoms with Gasteiger partial charge in [-0.25, -0.2) is 4.98 Å². The normalized spacial score (nSPS) is 26.4. The third-order valence-electron chi connectivity index (χ3n) is 4.43. The predicted molar refractivity (Wildman–Crippen MR) is 71.3 cm³/mol. The van der Waals surface area contributed by atoms with Gasteiger partial charge in [0.1, 0.15) is 11.5 Å². The van der Waals surface area contributed by atoms with Gasteiger partial charge < -0.3 is 15.2 Å². The maximum atomic E-state index is 12.0. The Balaban J connectivity index is 1.59. The summed E-state index contributed by atoms with van der Waals surface area (Å²) in [4.78, 5) is 33.7. The molecule has 0 radical (unpaired) electrons. The highest BCUT2D eigenvalue weighted by Crippen LogP contribution is 2.36. The number of aromatic nitrogens is 2. The number of likely N-dealkylation sites (tertiary alicyclic amines) is 1. The first-order valence-electron chi connectivity index (χ1n) is 7.39. The number of nitrogens with one attached hydrogen (secondary N) is 2. The van der Waals surface area contributed by atoms with E-state index in [2.05, 4.69) is 15.3 Å². The van der Waals surface area contributed by atoms with Gasteiger partial charge in [-0.1, -0.05) is 0 Å². The standard InChI is InChI=1S/C14H18N4O2/c19-11-6-8(7-18(11)9-3-4-9)13-16-10-2-1-5-15-14(20)12(10)17-13/h8-9H,1-7H2,(H,15,20)(H,16,17)/t8-/m0/s1. The molecule has 2 amide bonds. The van der Waals surface area contributed by atoms with Crippen LogP contribution in [0.5, 0.6) is 0 Å². The van der Waals surface area contributed by atoms with Gasteiger partial charge in [0.15, 0.2) is 0 Å². The second kappa shape index (κ2) is 4.33. The zero-order valence-corrected chi connectivity index (χ0v) is 11.3. The van der Waals surface area contributed by atoms with Crippen molar-refractivity contribution in [3.63, 3.8) is 0 Å². The molecule has 0 bridgehead atoms. The smallest absolute Gasteiger partial charge is 0.271 e. The number of rotatable bonds is 2. The van der Waals surface area contributed by atoms with E-state index in [0.717, 1.165) is 43.7 Å². The average Bonchev–Trinajstić information content (AvgIpc) is 3.11. The Hall–Kier alpha value is -1.85. The highest BCUT2D eigenvalue weighted by Gasteiger charge is 2.41. The minimum atomic E-state index is -0.0941. The van der Waals surface area contributed by atoms with Gasteiger partial charge in [-0.2, -0.15) is 0 Å². The first-order chi connectivity index (χ1) is 9.72. The summed E-state index contributed by atoms with van der Waals surface area (Å²) in [6.07, 6.45) is 4.56. The molecule has 0 unspecified atom stereocenters. The third-order valence-corrected chi connectivity index (χ3v) is 4.43. The van der Waals surface area contributed by atoms with Crippen molar-refractivity contribution >= 4 is 11.8 Å². The van der Waals surface area contributed by atoms with Gasteiger partial charge in [0.2, 0.25) is 5.91 Å². The van der Waals surface area contributed by atoms with Crippen LogP contribution in [0, 0.1) is 0 Å². The molecule has 2 fully saturated rings. The number of nitrogens with zero attached hydrogens (tertiary/aromatic N) is 2. The minimum absolute atomic E-state index is 0.0941. The van der Waals surface area contributed by atoms with Crippen LogP contribution in [0.2, 0.25) is 0 Å². The van der Waals surface area contributed by atoms with E-state index in [1.54, 1.807) is 0 Å². The van der Waals surface area contributed by atoms with Gasteiger partial charge in [-0.05, 0) is 25.7 Å². The van der Waals surface area contributed by atoms with Gasteiger partial charge in [-0.3, -0.25) is 9.59 Å². The summed E-state index contributed by atoms with van der Waals surface area (Å²) in [5.74, 6) is 1.06. The van der Waals surface area contributed by atoms with Crippen LogP contribution in [-0.2, 0) is 11.2 Å². The first kappa shape index (κ1) is 11.9. The predicted octanol–water partition coefficient (Wildman–Crippen LogP) is 0.564. The summed E-state index contributed by atoms with van der Waals surface area (Å²) in [7, 11) is 0. The number of aryl methyl sites for hydroxylation is 1. The van der Waals surface area contributed by atoms with Crippen molar-refractivity contribution in [3.8, 4) is 0 Å². The first-order valence-corrected chi connectivity index (χ1v) is 7.39. The van der Waals surface area contributed by atoms with Crippen molar-refractivity contribution < 1.29 is 9.59 Å². The van der Waals surface area contributed by atoms with Gasteiger partial charge in [0.25, 0.3) is 5.91 Å². The zero-order chi connectivity index (χ0) is 13.7. The van der Waals surface area contributed by atoms with Crippen LogP contribution in [0.3, 0.4) is 0 Å². The average molecular weight is 274 g/mol. The molecular formula is C14H18N4O2. The van der Waals surface area contributed by atoms with E-state index >= 15 is 0 Å². The molecule has 1 saturated carbocycles. The van der Waals surface area contributed by atoms with Crippen molar-refractivity contribution in [2.45, 2.75) is 44.1 Å². The van der Waals surface area contributed by atoms with Crippen molar-refractivity contribution in [1.82, 2.24) is 20.2 Å². The Labute approximate surface area is 116 Å². The molecule has 1 atom stereocenters. The van der Waals surface area contributed by atoms with Crippen molar-refractivity contribution in [3.05, 3.63) is 17.2 Å². The lowest BCUT2D eigenvalue weighted by Crippen LogP contribution is -2.27. The number of H-pyrrole nitrogens is 1. The number of amides is 2. The number of carbonyl (C=O) groups is 2. The summed E-state index contributed by atoms with van der Waals surface area (Å²) >= 11 is 0. The highest BCUT2D eigenvalue weighted by atomic mass is 16.2. The lowest BCUT2D eigenvalue weighted by molar-refractivity contribution is -0.128. The maximum absolute atomic E-state index is 12.0. The molecule has 2 aliphatic heterocycles. The van der Waals surface area contributed by atoms with E-state index in [4.69, 9.17) is 0 Å². The molecule has 6 heteroatoms. The molecule has 1 aromatic heterocycles. The number of aromatic amines is 1. The van der Waals surface area contributed by atoms with Crippen molar-refractivity contribution in [1.29, 1.82) is 0 Å². The van der Waals surface area contributed by atoms with Gasteiger partial charge in [0.05, 0.1) is 0 Å². The zero-order valence-electron chi connectivity index (χ0n) is 11.3. The summed E-state index contributed by atoms with van der Waals surface area (Å²) in [5.41, 5.74) is 1.45. The van der Waals surface area contributed by atoms with Crippen LogP contribution in [0.15, 0.2) is 0 Å². The van der Waals surface area contributed by atoms with E-state index in [1.807, 2.05) is 4.90 Å². The third kappa shape index (κ3) is 1.90. The highest BCUT2D eigenvalue weighted by molar-refractivity contribution is 5.93. The molecule has 4 rings (SSSR count). The van der Waals surface area contributed by atoms with E-state index in [-0.39, 0.29) is 17.7 Å².